The summed E-state index contributed by atoms with van der Waals surface area (Å²) in [4.78, 5) is 0. The molecule has 0 spiro atoms. The lowest BCUT2D eigenvalue weighted by Gasteiger charge is -2.14. The number of phenols is 1. The van der Waals surface area contributed by atoms with E-state index in [0.717, 1.165) is 35.0 Å². The highest BCUT2D eigenvalue weighted by Crippen LogP contribution is 2.37. The normalized spacial score (nSPS) is 11.6. The second-order valence-corrected chi connectivity index (χ2v) is 12.0. The Hall–Kier alpha value is -2.36. The summed E-state index contributed by atoms with van der Waals surface area (Å²) >= 11 is 0. The second kappa shape index (κ2) is 19.7. The van der Waals surface area contributed by atoms with Crippen molar-refractivity contribution in [3.05, 3.63) is 41.5 Å². The first-order chi connectivity index (χ1) is 19.7. The number of phenolic OH excluding ortho intramolecular Hbond substituents is 1. The van der Waals surface area contributed by atoms with E-state index in [0.29, 0.717) is 5.75 Å². The molecule has 2 aromatic carbocycles. The maximum Gasteiger partial charge on any atom is 0.123 e. The van der Waals surface area contributed by atoms with Crippen molar-refractivity contribution < 1.29 is 5.11 Å². The van der Waals surface area contributed by atoms with Gasteiger partial charge in [0.25, 0.3) is 0 Å². The van der Waals surface area contributed by atoms with Gasteiger partial charge in [-0.1, -0.05) is 147 Å². The van der Waals surface area contributed by atoms with Crippen molar-refractivity contribution in [2.45, 2.75) is 155 Å². The minimum absolute atomic E-state index is 0.337. The monoisotopic (exact) mass is 547 g/mol. The standard InChI is InChI=1S/C36H57N3O/c1-3-5-7-9-11-12-13-14-15-16-17-18-20-22-24-31-26-27-33-36(38-39-37-33)35(31)32-29-30(25-28-34(32)40)23-21-19-10-8-6-4-2/h25-29,40H,3-24H2,1-2H3,(H,37,38,39). The molecule has 0 saturated heterocycles. The fourth-order valence-corrected chi connectivity index (χ4v) is 6.02. The van der Waals surface area contributed by atoms with Crippen LogP contribution in [0.1, 0.15) is 153 Å². The topological polar surface area (TPSA) is 61.8 Å². The number of aromatic amines is 1. The summed E-state index contributed by atoms with van der Waals surface area (Å²) in [5.41, 5.74) is 6.33. The van der Waals surface area contributed by atoms with Crippen LogP contribution in [0, 0.1) is 0 Å². The van der Waals surface area contributed by atoms with Gasteiger partial charge in [-0.05, 0) is 55.0 Å². The van der Waals surface area contributed by atoms with Crippen LogP contribution in [0.15, 0.2) is 30.3 Å². The van der Waals surface area contributed by atoms with E-state index in [1.54, 1.807) is 0 Å². The third-order valence-corrected chi connectivity index (χ3v) is 8.53. The summed E-state index contributed by atoms with van der Waals surface area (Å²) in [5, 5.41) is 22.5. The summed E-state index contributed by atoms with van der Waals surface area (Å²) in [6.45, 7) is 4.55. The number of aromatic nitrogens is 3. The maximum absolute atomic E-state index is 10.9. The average Bonchev–Trinajstić information content (AvgIpc) is 3.45. The highest BCUT2D eigenvalue weighted by Gasteiger charge is 2.16. The highest BCUT2D eigenvalue weighted by molar-refractivity contribution is 5.95. The number of aromatic hydroxyl groups is 1. The van der Waals surface area contributed by atoms with E-state index in [-0.39, 0.29) is 0 Å². The van der Waals surface area contributed by atoms with Gasteiger partial charge in [-0.3, -0.25) is 5.10 Å². The molecule has 0 aliphatic heterocycles. The summed E-state index contributed by atoms with van der Waals surface area (Å²) in [6.07, 6.45) is 29.0. The number of fused-ring (bicyclic) bond motifs is 1. The number of unbranched alkanes of at least 4 members (excludes halogenated alkanes) is 18. The van der Waals surface area contributed by atoms with Crippen molar-refractivity contribution in [1.29, 1.82) is 0 Å². The molecule has 40 heavy (non-hydrogen) atoms. The molecular weight excluding hydrogens is 490 g/mol. The van der Waals surface area contributed by atoms with Crippen molar-refractivity contribution in [1.82, 2.24) is 15.4 Å². The van der Waals surface area contributed by atoms with Crippen molar-refractivity contribution in [3.8, 4) is 16.9 Å². The summed E-state index contributed by atoms with van der Waals surface area (Å²) < 4.78 is 0. The molecule has 0 bridgehead atoms. The van der Waals surface area contributed by atoms with Crippen LogP contribution in [0.3, 0.4) is 0 Å². The SMILES string of the molecule is CCCCCCCCCCCCCCCCc1ccc2[nH]nnc2c1-c1cc(CCCCCCCC)ccc1O. The van der Waals surface area contributed by atoms with Crippen molar-refractivity contribution in [3.63, 3.8) is 0 Å². The van der Waals surface area contributed by atoms with Crippen molar-refractivity contribution in [2.75, 3.05) is 0 Å². The molecule has 222 valence electrons. The fraction of sp³-hybridized carbons (Fsp3) is 0.667. The van der Waals surface area contributed by atoms with E-state index in [1.807, 2.05) is 6.07 Å². The number of benzene rings is 2. The lowest BCUT2D eigenvalue weighted by atomic mass is 9.92. The summed E-state index contributed by atoms with van der Waals surface area (Å²) in [5.74, 6) is 0.337. The molecule has 0 amide bonds. The molecule has 0 radical (unpaired) electrons. The number of H-pyrrole nitrogens is 1. The third-order valence-electron chi connectivity index (χ3n) is 8.53. The lowest BCUT2D eigenvalue weighted by Crippen LogP contribution is -1.95. The second-order valence-electron chi connectivity index (χ2n) is 12.0. The number of hydrogen-bond donors (Lipinski definition) is 2. The molecule has 0 aliphatic carbocycles. The first kappa shape index (κ1) is 32.2. The third kappa shape index (κ3) is 11.3. The first-order valence-electron chi connectivity index (χ1n) is 16.9. The zero-order valence-corrected chi connectivity index (χ0v) is 25.8. The minimum Gasteiger partial charge on any atom is -0.507 e. The Kier molecular flexibility index (Phi) is 15.8. The molecule has 2 N–H and O–H groups in total. The molecule has 0 fully saturated rings. The van der Waals surface area contributed by atoms with Crippen LogP contribution in [0.25, 0.3) is 22.2 Å². The molecule has 3 aromatic rings. The van der Waals surface area contributed by atoms with E-state index in [2.05, 4.69) is 53.5 Å². The summed E-state index contributed by atoms with van der Waals surface area (Å²) in [6, 6.07) is 10.5. The van der Waals surface area contributed by atoms with E-state index >= 15 is 0 Å². The van der Waals surface area contributed by atoms with Gasteiger partial charge >= 0.3 is 0 Å². The van der Waals surface area contributed by atoms with Gasteiger partial charge in [0.2, 0.25) is 0 Å². The Morgan fingerprint density at radius 3 is 1.70 bits per heavy atom. The Morgan fingerprint density at radius 1 is 0.600 bits per heavy atom. The average molecular weight is 548 g/mol. The highest BCUT2D eigenvalue weighted by atomic mass is 16.3. The number of nitrogens with zero attached hydrogens (tertiary/aromatic N) is 2. The molecule has 3 rings (SSSR count). The molecule has 0 aliphatic rings. The van der Waals surface area contributed by atoms with E-state index < -0.39 is 0 Å². The molecular formula is C36H57N3O. The molecule has 1 heterocycles. The molecule has 0 atom stereocenters. The predicted molar refractivity (Wildman–Crippen MR) is 172 cm³/mol. The van der Waals surface area contributed by atoms with Gasteiger partial charge in [-0.25, -0.2) is 0 Å². The Morgan fingerprint density at radius 2 is 1.12 bits per heavy atom. The van der Waals surface area contributed by atoms with Gasteiger partial charge in [0, 0.05) is 11.1 Å². The quantitative estimate of drug-likeness (QED) is 0.116. The molecule has 4 heteroatoms. The van der Waals surface area contributed by atoms with Gasteiger partial charge in [-0.15, -0.1) is 5.10 Å². The van der Waals surface area contributed by atoms with Crippen molar-refractivity contribution >= 4 is 11.0 Å². The molecule has 1 aromatic heterocycles. The van der Waals surface area contributed by atoms with Crippen LogP contribution in [0.4, 0.5) is 0 Å². The van der Waals surface area contributed by atoms with Gasteiger partial charge < -0.3 is 5.11 Å². The van der Waals surface area contributed by atoms with Gasteiger partial charge in [0.1, 0.15) is 11.3 Å². The fourth-order valence-electron chi connectivity index (χ4n) is 6.02. The van der Waals surface area contributed by atoms with Crippen LogP contribution in [-0.4, -0.2) is 20.5 Å². The first-order valence-corrected chi connectivity index (χ1v) is 16.9. The van der Waals surface area contributed by atoms with Crippen LogP contribution < -0.4 is 0 Å². The number of aryl methyl sites for hydroxylation is 2. The van der Waals surface area contributed by atoms with E-state index in [1.165, 1.54) is 140 Å². The zero-order valence-electron chi connectivity index (χ0n) is 25.8. The minimum atomic E-state index is 0.337. The Balaban J connectivity index is 1.46. The number of nitrogens with one attached hydrogen (secondary N) is 1. The molecule has 0 unspecified atom stereocenters. The lowest BCUT2D eigenvalue weighted by molar-refractivity contribution is 0.477. The van der Waals surface area contributed by atoms with Crippen LogP contribution in [0.2, 0.25) is 0 Å². The van der Waals surface area contributed by atoms with Crippen LogP contribution in [0.5, 0.6) is 5.75 Å². The van der Waals surface area contributed by atoms with Gasteiger partial charge in [0.05, 0.1) is 5.52 Å². The number of rotatable bonds is 23. The van der Waals surface area contributed by atoms with E-state index in [4.69, 9.17) is 0 Å². The zero-order chi connectivity index (χ0) is 28.3. The van der Waals surface area contributed by atoms with Crippen molar-refractivity contribution in [2.24, 2.45) is 0 Å². The molecule has 0 saturated carbocycles. The summed E-state index contributed by atoms with van der Waals surface area (Å²) in [7, 11) is 0. The van der Waals surface area contributed by atoms with Crippen LogP contribution >= 0.6 is 0 Å². The number of hydrogen-bond acceptors (Lipinski definition) is 3. The van der Waals surface area contributed by atoms with Gasteiger partial charge in [0.15, 0.2) is 0 Å². The Labute approximate surface area is 244 Å². The molecule has 4 nitrogen and oxygen atoms in total. The maximum atomic E-state index is 10.9. The predicted octanol–water partition coefficient (Wildman–Crippen LogP) is 11.3. The smallest absolute Gasteiger partial charge is 0.123 e. The van der Waals surface area contributed by atoms with Gasteiger partial charge in [-0.2, -0.15) is 0 Å². The Bertz CT molecular complexity index is 1070. The van der Waals surface area contributed by atoms with Crippen LogP contribution in [-0.2, 0) is 12.8 Å². The largest absolute Gasteiger partial charge is 0.507 e. The van der Waals surface area contributed by atoms with E-state index in [9.17, 15) is 5.11 Å².